The fraction of sp³-hybridized carbons (Fsp3) is 0.364. The molecular weight excluding hydrogens is 410 g/mol. The molecule has 166 valence electrons. The smallest absolute Gasteiger partial charge is 0.321 e. The highest BCUT2D eigenvalue weighted by Gasteiger charge is 2.23. The minimum atomic E-state index is -0.130. The number of carbonyl (C=O) groups is 1. The predicted octanol–water partition coefficient (Wildman–Crippen LogP) is 2.40. The van der Waals surface area contributed by atoms with E-state index < -0.39 is 0 Å². The molecule has 10 nitrogen and oxygen atoms in total. The number of ether oxygens (including phenoxy) is 2. The Hall–Kier alpha value is -3.82. The highest BCUT2D eigenvalue weighted by Crippen LogP contribution is 2.32. The number of nitrogens with one attached hydrogen (secondary N) is 1. The van der Waals surface area contributed by atoms with Gasteiger partial charge in [-0.05, 0) is 26.0 Å². The van der Waals surface area contributed by atoms with Crippen LogP contribution in [0, 0.1) is 13.8 Å². The number of piperazine rings is 1. The number of fused-ring (bicyclic) bond motifs is 1. The van der Waals surface area contributed by atoms with Gasteiger partial charge in [-0.2, -0.15) is 0 Å². The number of imidazole rings is 1. The summed E-state index contributed by atoms with van der Waals surface area (Å²) in [5, 5.41) is 2.95. The van der Waals surface area contributed by atoms with Crippen LogP contribution in [-0.2, 0) is 0 Å². The minimum Gasteiger partial charge on any atom is -0.486 e. The normalized spacial score (nSPS) is 15.6. The maximum Gasteiger partial charge on any atom is 0.321 e. The van der Waals surface area contributed by atoms with Gasteiger partial charge in [0.05, 0.1) is 5.69 Å². The predicted molar refractivity (Wildman–Crippen MR) is 119 cm³/mol. The van der Waals surface area contributed by atoms with Gasteiger partial charge in [0.2, 0.25) is 0 Å². The van der Waals surface area contributed by atoms with Crippen molar-refractivity contribution in [1.82, 2.24) is 24.4 Å². The summed E-state index contributed by atoms with van der Waals surface area (Å²) in [5.74, 6) is 2.98. The summed E-state index contributed by atoms with van der Waals surface area (Å²) in [6.07, 6.45) is 3.34. The Morgan fingerprint density at radius 2 is 1.69 bits per heavy atom. The van der Waals surface area contributed by atoms with Gasteiger partial charge in [0.1, 0.15) is 37.5 Å². The number of carbonyl (C=O) groups excluding carboxylic acids is 1. The Morgan fingerprint density at radius 3 is 2.44 bits per heavy atom. The van der Waals surface area contributed by atoms with Crippen LogP contribution in [0.1, 0.15) is 11.4 Å². The lowest BCUT2D eigenvalue weighted by atomic mass is 10.2. The number of hydrogen-bond acceptors (Lipinski definition) is 7. The maximum absolute atomic E-state index is 12.7. The highest BCUT2D eigenvalue weighted by molar-refractivity contribution is 5.90. The van der Waals surface area contributed by atoms with Crippen LogP contribution in [0.4, 0.5) is 16.3 Å². The summed E-state index contributed by atoms with van der Waals surface area (Å²) in [6.45, 7) is 7.61. The van der Waals surface area contributed by atoms with Crippen molar-refractivity contribution in [3.8, 4) is 17.3 Å². The summed E-state index contributed by atoms with van der Waals surface area (Å²) in [5.41, 5.74) is 2.71. The van der Waals surface area contributed by atoms with Gasteiger partial charge in [-0.3, -0.25) is 4.57 Å². The second kappa shape index (κ2) is 8.37. The number of benzene rings is 1. The summed E-state index contributed by atoms with van der Waals surface area (Å²) >= 11 is 0. The van der Waals surface area contributed by atoms with E-state index in [1.807, 2.05) is 36.6 Å². The van der Waals surface area contributed by atoms with Crippen LogP contribution in [0.5, 0.6) is 11.5 Å². The van der Waals surface area contributed by atoms with Gasteiger partial charge in [0, 0.05) is 49.7 Å². The number of hydrogen-bond donors (Lipinski definition) is 1. The van der Waals surface area contributed by atoms with Gasteiger partial charge in [0.25, 0.3) is 0 Å². The van der Waals surface area contributed by atoms with Gasteiger partial charge >= 0.3 is 6.03 Å². The first-order valence-corrected chi connectivity index (χ1v) is 10.6. The number of urea groups is 1. The van der Waals surface area contributed by atoms with Crippen LogP contribution < -0.4 is 19.7 Å². The lowest BCUT2D eigenvalue weighted by Gasteiger charge is -2.35. The lowest BCUT2D eigenvalue weighted by molar-refractivity contribution is 0.171. The van der Waals surface area contributed by atoms with Gasteiger partial charge in [-0.15, -0.1) is 0 Å². The van der Waals surface area contributed by atoms with Crippen molar-refractivity contribution in [3.63, 3.8) is 0 Å². The molecule has 2 aliphatic rings. The van der Waals surface area contributed by atoms with Crippen molar-refractivity contribution in [3.05, 3.63) is 48.3 Å². The minimum absolute atomic E-state index is 0.130. The summed E-state index contributed by atoms with van der Waals surface area (Å²) < 4.78 is 13.1. The third-order valence-electron chi connectivity index (χ3n) is 5.82. The van der Waals surface area contributed by atoms with Gasteiger partial charge < -0.3 is 24.6 Å². The molecule has 32 heavy (non-hydrogen) atoms. The summed E-state index contributed by atoms with van der Waals surface area (Å²) in [4.78, 5) is 29.9. The number of anilines is 2. The van der Waals surface area contributed by atoms with E-state index in [0.29, 0.717) is 56.6 Å². The van der Waals surface area contributed by atoms with E-state index in [1.54, 1.807) is 23.6 Å². The van der Waals surface area contributed by atoms with Crippen molar-refractivity contribution >= 4 is 17.5 Å². The molecule has 1 fully saturated rings. The quantitative estimate of drug-likeness (QED) is 0.675. The molecule has 1 aromatic carbocycles. The number of amides is 2. The zero-order valence-corrected chi connectivity index (χ0v) is 18.1. The van der Waals surface area contributed by atoms with E-state index in [2.05, 4.69) is 25.2 Å². The summed E-state index contributed by atoms with van der Waals surface area (Å²) in [7, 11) is 0. The molecule has 0 saturated carbocycles. The zero-order valence-electron chi connectivity index (χ0n) is 18.1. The number of rotatable bonds is 3. The van der Waals surface area contributed by atoms with Crippen LogP contribution in [-0.4, -0.2) is 69.8 Å². The Bertz CT molecular complexity index is 1140. The first-order valence-electron chi connectivity index (χ1n) is 10.6. The molecule has 10 heteroatoms. The summed E-state index contributed by atoms with van der Waals surface area (Å²) in [6, 6.07) is 7.26. The van der Waals surface area contributed by atoms with Crippen molar-refractivity contribution in [2.45, 2.75) is 13.8 Å². The van der Waals surface area contributed by atoms with Gasteiger partial charge in [-0.1, -0.05) is 0 Å². The standard InChI is InChI=1S/C22H25N7O3/c1-15-16(2)29(14-25-15)21-12-20(23-13-24-21)27-5-7-28(8-6-27)22(30)26-17-3-4-18-19(11-17)32-10-9-31-18/h3-4,11-14H,5-10H2,1-2H3,(H,26,30). The number of aromatic nitrogens is 4. The first-order chi connectivity index (χ1) is 15.6. The molecule has 2 aromatic heterocycles. The second-order valence-electron chi connectivity index (χ2n) is 7.78. The van der Waals surface area contributed by atoms with E-state index in [1.165, 1.54) is 0 Å². The van der Waals surface area contributed by atoms with Crippen LogP contribution in [0.25, 0.3) is 5.82 Å². The molecule has 1 saturated heterocycles. The van der Waals surface area contributed by atoms with Gasteiger partial charge in [-0.25, -0.2) is 19.7 Å². The monoisotopic (exact) mass is 435 g/mol. The van der Waals surface area contributed by atoms with Crippen molar-refractivity contribution in [2.24, 2.45) is 0 Å². The average molecular weight is 435 g/mol. The maximum atomic E-state index is 12.7. The molecule has 2 aliphatic heterocycles. The van der Waals surface area contributed by atoms with Crippen LogP contribution in [0.2, 0.25) is 0 Å². The lowest BCUT2D eigenvalue weighted by Crippen LogP contribution is -2.50. The number of aryl methyl sites for hydroxylation is 1. The van der Waals surface area contributed by atoms with E-state index in [0.717, 1.165) is 23.0 Å². The average Bonchev–Trinajstić information content (AvgIpc) is 3.17. The number of nitrogens with zero attached hydrogens (tertiary/aromatic N) is 6. The Morgan fingerprint density at radius 1 is 0.938 bits per heavy atom. The molecular formula is C22H25N7O3. The van der Waals surface area contributed by atoms with Crippen molar-refractivity contribution < 1.29 is 14.3 Å². The molecule has 3 aromatic rings. The largest absolute Gasteiger partial charge is 0.486 e. The second-order valence-corrected chi connectivity index (χ2v) is 7.78. The topological polar surface area (TPSA) is 97.6 Å². The Balaban J connectivity index is 1.21. The van der Waals surface area contributed by atoms with E-state index >= 15 is 0 Å². The van der Waals surface area contributed by atoms with Crippen LogP contribution in [0.15, 0.2) is 36.9 Å². The van der Waals surface area contributed by atoms with E-state index in [4.69, 9.17) is 9.47 Å². The molecule has 2 amide bonds. The zero-order chi connectivity index (χ0) is 22.1. The SMILES string of the molecule is Cc1ncn(-c2cc(N3CCN(C(=O)Nc4ccc5c(c4)OCCO5)CC3)ncn2)c1C. The van der Waals surface area contributed by atoms with Crippen molar-refractivity contribution in [1.29, 1.82) is 0 Å². The van der Waals surface area contributed by atoms with E-state index in [9.17, 15) is 4.79 Å². The fourth-order valence-electron chi connectivity index (χ4n) is 3.83. The molecule has 0 unspecified atom stereocenters. The van der Waals surface area contributed by atoms with Crippen LogP contribution in [0.3, 0.4) is 0 Å². The third-order valence-corrected chi connectivity index (χ3v) is 5.82. The molecule has 1 N–H and O–H groups in total. The Kier molecular flexibility index (Phi) is 5.26. The highest BCUT2D eigenvalue weighted by atomic mass is 16.6. The molecule has 5 rings (SSSR count). The molecule has 0 radical (unpaired) electrons. The molecule has 0 aliphatic carbocycles. The van der Waals surface area contributed by atoms with Crippen molar-refractivity contribution in [2.75, 3.05) is 49.6 Å². The van der Waals surface area contributed by atoms with E-state index in [-0.39, 0.29) is 6.03 Å². The molecule has 0 spiro atoms. The molecule has 0 bridgehead atoms. The fourth-order valence-corrected chi connectivity index (χ4v) is 3.83. The van der Waals surface area contributed by atoms with Crippen LogP contribution >= 0.6 is 0 Å². The molecule has 0 atom stereocenters. The Labute approximate surface area is 185 Å². The molecule has 4 heterocycles. The first kappa shape index (κ1) is 20.1. The third kappa shape index (κ3) is 3.91. The van der Waals surface area contributed by atoms with Gasteiger partial charge in [0.15, 0.2) is 11.5 Å².